The van der Waals surface area contributed by atoms with E-state index in [9.17, 15) is 9.59 Å². The Morgan fingerprint density at radius 1 is 0.667 bits per heavy atom. The van der Waals surface area contributed by atoms with E-state index in [4.69, 9.17) is 9.47 Å². The summed E-state index contributed by atoms with van der Waals surface area (Å²) in [5.74, 6) is -0.479. The Hall–Kier alpha value is -1.06. The smallest absolute Gasteiger partial charge is 0.317 e. The Labute approximate surface area is 167 Å². The summed E-state index contributed by atoms with van der Waals surface area (Å²) in [7, 11) is 0. The van der Waals surface area contributed by atoms with Gasteiger partial charge in [0.25, 0.3) is 0 Å². The second kappa shape index (κ2) is 17.1. The third-order valence-corrected chi connectivity index (χ3v) is 4.88. The van der Waals surface area contributed by atoms with Gasteiger partial charge in [-0.25, -0.2) is 0 Å². The lowest BCUT2D eigenvalue weighted by Crippen LogP contribution is -2.29. The van der Waals surface area contributed by atoms with Gasteiger partial charge < -0.3 is 9.47 Å². The number of ether oxygens (including phenoxy) is 2. The molecule has 0 amide bonds. The number of hydrogen-bond acceptors (Lipinski definition) is 4. The summed E-state index contributed by atoms with van der Waals surface area (Å²) in [6, 6.07) is 0. The minimum atomic E-state index is -0.480. The Kier molecular flexibility index (Phi) is 16.4. The number of hydrogen-bond donors (Lipinski definition) is 0. The van der Waals surface area contributed by atoms with Crippen LogP contribution in [0.5, 0.6) is 0 Å². The second-order valence-electron chi connectivity index (χ2n) is 8.38. The van der Waals surface area contributed by atoms with E-state index in [2.05, 4.69) is 6.92 Å². The Morgan fingerprint density at radius 3 is 1.56 bits per heavy atom. The first kappa shape index (κ1) is 25.9. The molecule has 0 N–H and O–H groups in total. The molecule has 0 saturated heterocycles. The lowest BCUT2D eigenvalue weighted by molar-refractivity contribution is -0.161. The Morgan fingerprint density at radius 2 is 1.11 bits per heavy atom. The summed E-state index contributed by atoms with van der Waals surface area (Å²) in [6.07, 6.45) is 13.4. The van der Waals surface area contributed by atoms with Gasteiger partial charge in [0.15, 0.2) is 0 Å². The van der Waals surface area contributed by atoms with Crippen LogP contribution in [0.25, 0.3) is 0 Å². The molecule has 0 atom stereocenters. The minimum absolute atomic E-state index is 0.156. The largest absolute Gasteiger partial charge is 0.465 e. The van der Waals surface area contributed by atoms with E-state index in [-0.39, 0.29) is 24.4 Å². The molecule has 0 saturated carbocycles. The molecule has 0 aliphatic carbocycles. The topological polar surface area (TPSA) is 52.6 Å². The molecule has 0 fully saturated rings. The van der Waals surface area contributed by atoms with Crippen LogP contribution >= 0.6 is 0 Å². The molecule has 4 heteroatoms. The van der Waals surface area contributed by atoms with Gasteiger partial charge in [-0.3, -0.25) is 9.59 Å². The standard InChI is InChI=1S/C23H44O4/c1-6-7-8-9-10-11-12-13-14-15-16-17-26-21(24)18-22(25)27-23(19(2)3)20(4)5/h19-20,23H,6-18H2,1-5H3. The molecule has 27 heavy (non-hydrogen) atoms. The highest BCUT2D eigenvalue weighted by atomic mass is 16.6. The second-order valence-corrected chi connectivity index (χ2v) is 8.38. The highest BCUT2D eigenvalue weighted by Gasteiger charge is 2.23. The van der Waals surface area contributed by atoms with E-state index >= 15 is 0 Å². The zero-order chi connectivity index (χ0) is 20.5. The van der Waals surface area contributed by atoms with Crippen LogP contribution in [-0.2, 0) is 19.1 Å². The predicted octanol–water partition coefficient (Wildman–Crippen LogP) is 6.45. The number of carbonyl (C=O) groups excluding carboxylic acids is 2. The van der Waals surface area contributed by atoms with Crippen molar-refractivity contribution in [3.8, 4) is 0 Å². The zero-order valence-corrected chi connectivity index (χ0v) is 18.6. The van der Waals surface area contributed by atoms with E-state index in [0.717, 1.165) is 12.8 Å². The highest BCUT2D eigenvalue weighted by Crippen LogP contribution is 2.17. The number of rotatable bonds is 17. The van der Waals surface area contributed by atoms with Gasteiger partial charge in [-0.05, 0) is 18.3 Å². The van der Waals surface area contributed by atoms with Crippen molar-refractivity contribution in [3.63, 3.8) is 0 Å². The fraction of sp³-hybridized carbons (Fsp3) is 0.913. The molecule has 160 valence electrons. The van der Waals surface area contributed by atoms with E-state index in [1.165, 1.54) is 57.8 Å². The lowest BCUT2D eigenvalue weighted by Gasteiger charge is -2.24. The van der Waals surface area contributed by atoms with Crippen molar-refractivity contribution < 1.29 is 19.1 Å². The third-order valence-electron chi connectivity index (χ3n) is 4.88. The number of unbranched alkanes of at least 4 members (excludes halogenated alkanes) is 10. The van der Waals surface area contributed by atoms with Crippen LogP contribution in [0, 0.1) is 11.8 Å². The summed E-state index contributed by atoms with van der Waals surface area (Å²) < 4.78 is 10.6. The van der Waals surface area contributed by atoms with Gasteiger partial charge >= 0.3 is 11.9 Å². The summed E-state index contributed by atoms with van der Waals surface area (Å²) in [5, 5.41) is 0. The average Bonchev–Trinajstić information content (AvgIpc) is 2.60. The maximum absolute atomic E-state index is 11.9. The van der Waals surface area contributed by atoms with Gasteiger partial charge in [-0.1, -0.05) is 98.8 Å². The first-order valence-electron chi connectivity index (χ1n) is 11.2. The van der Waals surface area contributed by atoms with Crippen molar-refractivity contribution in [1.82, 2.24) is 0 Å². The third kappa shape index (κ3) is 15.7. The molecule has 0 aromatic rings. The van der Waals surface area contributed by atoms with Crippen molar-refractivity contribution in [2.45, 2.75) is 118 Å². The molecule has 0 bridgehead atoms. The van der Waals surface area contributed by atoms with Gasteiger partial charge in [0.1, 0.15) is 12.5 Å². The number of carbonyl (C=O) groups is 2. The zero-order valence-electron chi connectivity index (χ0n) is 18.6. The highest BCUT2D eigenvalue weighted by molar-refractivity contribution is 5.91. The fourth-order valence-electron chi connectivity index (χ4n) is 3.36. The van der Waals surface area contributed by atoms with Gasteiger partial charge in [-0.15, -0.1) is 0 Å². The molecule has 0 aliphatic heterocycles. The maximum Gasteiger partial charge on any atom is 0.317 e. The predicted molar refractivity (Wildman–Crippen MR) is 112 cm³/mol. The normalized spacial score (nSPS) is 11.4. The van der Waals surface area contributed by atoms with Gasteiger partial charge in [0, 0.05) is 0 Å². The van der Waals surface area contributed by atoms with Gasteiger partial charge in [-0.2, -0.15) is 0 Å². The van der Waals surface area contributed by atoms with Crippen LogP contribution in [0.2, 0.25) is 0 Å². The van der Waals surface area contributed by atoms with Crippen LogP contribution in [0.15, 0.2) is 0 Å². The van der Waals surface area contributed by atoms with E-state index in [1.54, 1.807) is 0 Å². The molecule has 0 aliphatic rings. The van der Waals surface area contributed by atoms with Crippen LogP contribution in [-0.4, -0.2) is 24.6 Å². The van der Waals surface area contributed by atoms with Crippen molar-refractivity contribution in [3.05, 3.63) is 0 Å². The molecule has 0 rings (SSSR count). The molecular weight excluding hydrogens is 340 g/mol. The van der Waals surface area contributed by atoms with Crippen LogP contribution < -0.4 is 0 Å². The molecular formula is C23H44O4. The molecule has 0 aromatic carbocycles. The molecule has 4 nitrogen and oxygen atoms in total. The maximum atomic E-state index is 11.9. The van der Waals surface area contributed by atoms with Crippen LogP contribution in [0.3, 0.4) is 0 Å². The summed E-state index contributed by atoms with van der Waals surface area (Å²) in [5.41, 5.74) is 0. The average molecular weight is 385 g/mol. The van der Waals surface area contributed by atoms with Gasteiger partial charge in [0.05, 0.1) is 6.61 Å². The minimum Gasteiger partial charge on any atom is -0.465 e. The summed E-state index contributed by atoms with van der Waals surface area (Å²) >= 11 is 0. The summed E-state index contributed by atoms with van der Waals surface area (Å²) in [6.45, 7) is 10.7. The fourth-order valence-corrected chi connectivity index (χ4v) is 3.36. The molecule has 0 unspecified atom stereocenters. The van der Waals surface area contributed by atoms with Crippen molar-refractivity contribution in [1.29, 1.82) is 0 Å². The Bertz CT molecular complexity index is 369. The molecule has 0 spiro atoms. The lowest BCUT2D eigenvalue weighted by atomic mass is 9.96. The first-order chi connectivity index (χ1) is 12.9. The first-order valence-corrected chi connectivity index (χ1v) is 11.2. The molecule has 0 radical (unpaired) electrons. The molecule has 0 heterocycles. The monoisotopic (exact) mass is 384 g/mol. The number of esters is 2. The van der Waals surface area contributed by atoms with Crippen LogP contribution in [0.1, 0.15) is 112 Å². The Balaban J connectivity index is 3.57. The quantitative estimate of drug-likeness (QED) is 0.164. The van der Waals surface area contributed by atoms with E-state index in [1.807, 2.05) is 27.7 Å². The SMILES string of the molecule is CCCCCCCCCCCCCOC(=O)CC(=O)OC(C(C)C)C(C)C. The molecule has 0 aromatic heterocycles. The van der Waals surface area contributed by atoms with Gasteiger partial charge in [0.2, 0.25) is 0 Å². The van der Waals surface area contributed by atoms with Crippen LogP contribution in [0.4, 0.5) is 0 Å². The van der Waals surface area contributed by atoms with E-state index in [0.29, 0.717) is 6.61 Å². The van der Waals surface area contributed by atoms with Crippen molar-refractivity contribution in [2.75, 3.05) is 6.61 Å². The van der Waals surface area contributed by atoms with Crippen molar-refractivity contribution >= 4 is 11.9 Å². The van der Waals surface area contributed by atoms with E-state index < -0.39 is 11.9 Å². The summed E-state index contributed by atoms with van der Waals surface area (Å²) in [4.78, 5) is 23.6. The van der Waals surface area contributed by atoms with Crippen molar-refractivity contribution in [2.24, 2.45) is 11.8 Å².